The van der Waals surface area contributed by atoms with Crippen molar-refractivity contribution in [2.45, 2.75) is 26.3 Å². The van der Waals surface area contributed by atoms with Crippen molar-refractivity contribution in [2.75, 3.05) is 12.3 Å². The first kappa shape index (κ1) is 15.1. The molecule has 1 aromatic rings. The summed E-state index contributed by atoms with van der Waals surface area (Å²) in [5, 5.41) is 0. The first-order valence-corrected chi connectivity index (χ1v) is 7.69. The molecule has 0 aliphatic rings. The van der Waals surface area contributed by atoms with Gasteiger partial charge in [0.05, 0.1) is 5.75 Å². The van der Waals surface area contributed by atoms with Gasteiger partial charge in [0.2, 0.25) is 10.0 Å². The lowest BCUT2D eigenvalue weighted by Crippen LogP contribution is -2.41. The van der Waals surface area contributed by atoms with E-state index in [-0.39, 0.29) is 17.7 Å². The molecule has 0 spiro atoms. The highest BCUT2D eigenvalue weighted by molar-refractivity contribution is 7.89. The largest absolute Gasteiger partial charge is 0.330 e. The van der Waals surface area contributed by atoms with Crippen molar-refractivity contribution >= 4 is 10.0 Å². The monoisotopic (exact) mass is 271 g/mol. The van der Waals surface area contributed by atoms with Crippen LogP contribution in [-0.2, 0) is 16.4 Å². The Bertz CT molecular complexity index is 448. The molecule has 0 saturated heterocycles. The summed E-state index contributed by atoms with van der Waals surface area (Å²) in [5.74, 6) is 0.208. The van der Waals surface area contributed by atoms with Crippen molar-refractivity contribution in [1.29, 1.82) is 0 Å². The smallest absolute Gasteiger partial charge is 0.212 e. The van der Waals surface area contributed by atoms with E-state index in [1.54, 1.807) is 12.4 Å². The Morgan fingerprint density at radius 1 is 1.33 bits per heavy atom. The van der Waals surface area contributed by atoms with Gasteiger partial charge in [-0.15, -0.1) is 0 Å². The summed E-state index contributed by atoms with van der Waals surface area (Å²) < 4.78 is 26.4. The van der Waals surface area contributed by atoms with Gasteiger partial charge in [-0.25, -0.2) is 13.1 Å². The van der Waals surface area contributed by atoms with Gasteiger partial charge in [0.15, 0.2) is 0 Å². The number of pyridine rings is 1. The summed E-state index contributed by atoms with van der Waals surface area (Å²) >= 11 is 0. The highest BCUT2D eigenvalue weighted by atomic mass is 32.2. The second-order valence-electron chi connectivity index (χ2n) is 4.54. The van der Waals surface area contributed by atoms with Crippen LogP contribution < -0.4 is 10.5 Å². The van der Waals surface area contributed by atoms with E-state index < -0.39 is 10.0 Å². The molecule has 0 amide bonds. The standard InChI is InChI=1S/C12H21N3O2S/c1-10(9-13)11(2)15-18(16,17)8-5-12-3-6-14-7-4-12/h3-4,6-7,10-11,15H,5,8-9,13H2,1-2H3. The van der Waals surface area contributed by atoms with Crippen molar-refractivity contribution in [3.05, 3.63) is 30.1 Å². The molecule has 1 aromatic heterocycles. The maximum Gasteiger partial charge on any atom is 0.212 e. The Morgan fingerprint density at radius 2 is 1.94 bits per heavy atom. The van der Waals surface area contributed by atoms with Gasteiger partial charge in [-0.05, 0) is 43.5 Å². The van der Waals surface area contributed by atoms with E-state index in [2.05, 4.69) is 9.71 Å². The minimum atomic E-state index is -3.26. The highest BCUT2D eigenvalue weighted by Crippen LogP contribution is 2.04. The maximum atomic E-state index is 11.9. The zero-order valence-corrected chi connectivity index (χ0v) is 11.7. The van der Waals surface area contributed by atoms with Gasteiger partial charge >= 0.3 is 0 Å². The summed E-state index contributed by atoms with van der Waals surface area (Å²) in [4.78, 5) is 3.89. The predicted octanol–water partition coefficient (Wildman–Crippen LogP) is 0.527. The van der Waals surface area contributed by atoms with Gasteiger partial charge in [-0.2, -0.15) is 0 Å². The average molecular weight is 271 g/mol. The molecule has 3 N–H and O–H groups in total. The van der Waals surface area contributed by atoms with Crippen molar-refractivity contribution in [3.63, 3.8) is 0 Å². The predicted molar refractivity (Wildman–Crippen MR) is 72.5 cm³/mol. The molecule has 0 radical (unpaired) electrons. The number of nitrogens with two attached hydrogens (primary N) is 1. The molecule has 2 unspecified atom stereocenters. The average Bonchev–Trinajstić information content (AvgIpc) is 2.36. The minimum absolute atomic E-state index is 0.0820. The molecule has 0 fully saturated rings. The van der Waals surface area contributed by atoms with Crippen LogP contribution >= 0.6 is 0 Å². The molecule has 5 nitrogen and oxygen atoms in total. The van der Waals surface area contributed by atoms with Gasteiger partial charge in [-0.1, -0.05) is 6.92 Å². The third kappa shape index (κ3) is 5.12. The number of hydrogen-bond donors (Lipinski definition) is 2. The normalized spacial score (nSPS) is 15.3. The fraction of sp³-hybridized carbons (Fsp3) is 0.583. The van der Waals surface area contributed by atoms with E-state index in [9.17, 15) is 8.42 Å². The molecule has 0 aromatic carbocycles. The fourth-order valence-electron chi connectivity index (χ4n) is 1.46. The number of aromatic nitrogens is 1. The molecule has 18 heavy (non-hydrogen) atoms. The third-order valence-electron chi connectivity index (χ3n) is 3.00. The zero-order valence-electron chi connectivity index (χ0n) is 10.8. The molecule has 1 heterocycles. The van der Waals surface area contributed by atoms with Crippen LogP contribution in [0.1, 0.15) is 19.4 Å². The lowest BCUT2D eigenvalue weighted by atomic mass is 10.1. The molecule has 2 atom stereocenters. The Morgan fingerprint density at radius 3 is 2.50 bits per heavy atom. The van der Waals surface area contributed by atoms with Crippen LogP contribution in [0.3, 0.4) is 0 Å². The summed E-state index contributed by atoms with van der Waals surface area (Å²) in [6.45, 7) is 4.23. The van der Waals surface area contributed by atoms with Crippen molar-refractivity contribution in [1.82, 2.24) is 9.71 Å². The van der Waals surface area contributed by atoms with Crippen LogP contribution in [0, 0.1) is 5.92 Å². The zero-order chi connectivity index (χ0) is 13.6. The van der Waals surface area contributed by atoms with E-state index in [0.717, 1.165) is 5.56 Å². The molecule has 6 heteroatoms. The molecule has 102 valence electrons. The molecular formula is C12H21N3O2S. The second kappa shape index (κ2) is 6.82. The fourth-order valence-corrected chi connectivity index (χ4v) is 2.89. The topological polar surface area (TPSA) is 85.1 Å². The first-order valence-electron chi connectivity index (χ1n) is 6.03. The molecule has 0 saturated carbocycles. The SMILES string of the molecule is CC(CN)C(C)NS(=O)(=O)CCc1ccncc1. The lowest BCUT2D eigenvalue weighted by molar-refractivity contribution is 0.453. The number of sulfonamides is 1. The summed E-state index contributed by atoms with van der Waals surface area (Å²) in [6, 6.07) is 3.50. The Kier molecular flexibility index (Phi) is 5.71. The Balaban J connectivity index is 2.50. The number of nitrogens with zero attached hydrogens (tertiary/aromatic N) is 1. The van der Waals surface area contributed by atoms with Gasteiger partial charge in [-0.3, -0.25) is 4.98 Å². The number of aryl methyl sites for hydroxylation is 1. The van der Waals surface area contributed by atoms with E-state index >= 15 is 0 Å². The first-order chi connectivity index (χ1) is 8.44. The maximum absolute atomic E-state index is 11.9. The van der Waals surface area contributed by atoms with Crippen LogP contribution in [0.4, 0.5) is 0 Å². The molecular weight excluding hydrogens is 250 g/mol. The minimum Gasteiger partial charge on any atom is -0.330 e. The molecule has 0 aliphatic heterocycles. The molecule has 0 bridgehead atoms. The van der Waals surface area contributed by atoms with Gasteiger partial charge in [0.25, 0.3) is 0 Å². The lowest BCUT2D eigenvalue weighted by Gasteiger charge is -2.19. The van der Waals surface area contributed by atoms with Crippen molar-refractivity contribution in [2.24, 2.45) is 11.7 Å². The van der Waals surface area contributed by atoms with Gasteiger partial charge in [0, 0.05) is 18.4 Å². The van der Waals surface area contributed by atoms with Gasteiger partial charge in [0.1, 0.15) is 0 Å². The second-order valence-corrected chi connectivity index (χ2v) is 6.42. The molecule has 1 rings (SSSR count). The number of nitrogens with one attached hydrogen (secondary N) is 1. The summed E-state index contributed by atoms with van der Waals surface area (Å²) in [5.41, 5.74) is 6.48. The summed E-state index contributed by atoms with van der Waals surface area (Å²) in [7, 11) is -3.26. The van der Waals surface area contributed by atoms with Crippen LogP contribution in [0.25, 0.3) is 0 Å². The van der Waals surface area contributed by atoms with Crippen LogP contribution in [0.2, 0.25) is 0 Å². The highest BCUT2D eigenvalue weighted by Gasteiger charge is 2.18. The van der Waals surface area contributed by atoms with Crippen LogP contribution in [-0.4, -0.2) is 31.7 Å². The van der Waals surface area contributed by atoms with Crippen LogP contribution in [0.5, 0.6) is 0 Å². The Hall–Kier alpha value is -0.980. The quantitative estimate of drug-likeness (QED) is 0.757. The number of hydrogen-bond acceptors (Lipinski definition) is 4. The van der Waals surface area contributed by atoms with Gasteiger partial charge < -0.3 is 5.73 Å². The third-order valence-corrected chi connectivity index (χ3v) is 4.47. The molecule has 0 aliphatic carbocycles. The van der Waals surface area contributed by atoms with Crippen molar-refractivity contribution < 1.29 is 8.42 Å². The van der Waals surface area contributed by atoms with E-state index in [1.165, 1.54) is 0 Å². The van der Waals surface area contributed by atoms with Crippen molar-refractivity contribution in [3.8, 4) is 0 Å². The van der Waals surface area contributed by atoms with Crippen LogP contribution in [0.15, 0.2) is 24.5 Å². The summed E-state index contributed by atoms with van der Waals surface area (Å²) in [6.07, 6.45) is 3.81. The Labute approximate surface area is 109 Å². The van der Waals surface area contributed by atoms with E-state index in [1.807, 2.05) is 26.0 Å². The number of rotatable bonds is 7. The van der Waals surface area contributed by atoms with E-state index in [4.69, 9.17) is 5.73 Å². The van der Waals surface area contributed by atoms with E-state index in [0.29, 0.717) is 13.0 Å².